The molecule has 0 spiro atoms. The summed E-state index contributed by atoms with van der Waals surface area (Å²) in [6.07, 6.45) is 0. The summed E-state index contributed by atoms with van der Waals surface area (Å²) in [5, 5.41) is 3.27. The van der Waals surface area contributed by atoms with Crippen LogP contribution in [0.2, 0.25) is 5.02 Å². The first-order chi connectivity index (χ1) is 11.4. The molecule has 2 aromatic carbocycles. The van der Waals surface area contributed by atoms with Crippen molar-refractivity contribution in [1.29, 1.82) is 0 Å². The highest BCUT2D eigenvalue weighted by atomic mass is 35.5. The number of nitrogens with one attached hydrogen (secondary N) is 1. The van der Waals surface area contributed by atoms with E-state index in [0.717, 1.165) is 5.56 Å². The molecule has 0 atom stereocenters. The van der Waals surface area contributed by atoms with Gasteiger partial charge in [0.15, 0.2) is 0 Å². The average molecular weight is 371 g/mol. The molecule has 0 radical (unpaired) electrons. The Morgan fingerprint density at radius 3 is 2.46 bits per heavy atom. The summed E-state index contributed by atoms with van der Waals surface area (Å²) in [6, 6.07) is 11.0. The number of anilines is 1. The van der Waals surface area contributed by atoms with Gasteiger partial charge in [0.05, 0.1) is 5.02 Å². The monoisotopic (exact) mass is 370 g/mol. The number of sulfonamides is 1. The van der Waals surface area contributed by atoms with Gasteiger partial charge in [0.2, 0.25) is 10.0 Å². The Kier molecular flexibility index (Phi) is 6.21. The minimum absolute atomic E-state index is 0.0668. The Morgan fingerprint density at radius 2 is 1.83 bits per heavy atom. The zero-order valence-corrected chi connectivity index (χ0v) is 15.2. The highest BCUT2D eigenvalue weighted by Gasteiger charge is 2.24. The molecule has 0 aliphatic heterocycles. The van der Waals surface area contributed by atoms with E-state index in [1.165, 1.54) is 22.5 Å². The maximum Gasteiger partial charge on any atom is 0.244 e. The van der Waals surface area contributed by atoms with Crippen LogP contribution in [0.25, 0.3) is 0 Å². The highest BCUT2D eigenvalue weighted by Crippen LogP contribution is 2.28. The van der Waals surface area contributed by atoms with Crippen LogP contribution in [0.3, 0.4) is 0 Å². The quantitative estimate of drug-likeness (QED) is 0.797. The molecule has 0 aromatic heterocycles. The largest absolute Gasteiger partial charge is 0.381 e. The molecule has 0 amide bonds. The normalized spacial score (nSPS) is 11.7. The van der Waals surface area contributed by atoms with Crippen molar-refractivity contribution in [2.45, 2.75) is 25.3 Å². The maximum atomic E-state index is 13.2. The molecule has 1 N–H and O–H groups in total. The second-order valence-electron chi connectivity index (χ2n) is 5.22. The van der Waals surface area contributed by atoms with Crippen molar-refractivity contribution in [2.24, 2.45) is 0 Å². The highest BCUT2D eigenvalue weighted by molar-refractivity contribution is 7.89. The van der Waals surface area contributed by atoms with Crippen LogP contribution < -0.4 is 5.32 Å². The van der Waals surface area contributed by atoms with Crippen molar-refractivity contribution >= 4 is 27.3 Å². The lowest BCUT2D eigenvalue weighted by Gasteiger charge is -2.20. The number of halogens is 2. The van der Waals surface area contributed by atoms with Crippen molar-refractivity contribution < 1.29 is 12.8 Å². The van der Waals surface area contributed by atoms with Gasteiger partial charge in [-0.15, -0.1) is 0 Å². The van der Waals surface area contributed by atoms with Gasteiger partial charge in [-0.1, -0.05) is 37.6 Å². The zero-order chi connectivity index (χ0) is 17.7. The predicted octanol–water partition coefficient (Wildman–Crippen LogP) is 4.12. The van der Waals surface area contributed by atoms with Gasteiger partial charge in [-0.05, 0) is 35.9 Å². The molecule has 0 fully saturated rings. The molecule has 0 aliphatic rings. The molecule has 2 aromatic rings. The number of rotatable bonds is 7. The maximum absolute atomic E-state index is 13.2. The molecule has 0 bridgehead atoms. The summed E-state index contributed by atoms with van der Waals surface area (Å²) in [5.41, 5.74) is 1.37. The Balaban J connectivity index is 2.25. The summed E-state index contributed by atoms with van der Waals surface area (Å²) in [7, 11) is -3.64. The fourth-order valence-electron chi connectivity index (χ4n) is 2.36. The van der Waals surface area contributed by atoms with Crippen LogP contribution in [0.15, 0.2) is 47.4 Å². The Morgan fingerprint density at radius 1 is 1.12 bits per heavy atom. The number of hydrogen-bond acceptors (Lipinski definition) is 3. The van der Waals surface area contributed by atoms with Gasteiger partial charge >= 0.3 is 0 Å². The van der Waals surface area contributed by atoms with Crippen molar-refractivity contribution in [3.8, 4) is 0 Å². The smallest absolute Gasteiger partial charge is 0.244 e. The lowest BCUT2D eigenvalue weighted by Crippen LogP contribution is -2.30. The van der Waals surface area contributed by atoms with E-state index in [1.807, 2.05) is 0 Å². The van der Waals surface area contributed by atoms with E-state index >= 15 is 0 Å². The summed E-state index contributed by atoms with van der Waals surface area (Å²) in [6.45, 7) is 4.68. The van der Waals surface area contributed by atoms with Crippen LogP contribution in [0, 0.1) is 5.82 Å². The Labute approximate surface area is 147 Å². The molecule has 0 aliphatic carbocycles. The van der Waals surface area contributed by atoms with Crippen molar-refractivity contribution in [3.63, 3.8) is 0 Å². The molecule has 4 nitrogen and oxygen atoms in total. The first kappa shape index (κ1) is 18.7. The van der Waals surface area contributed by atoms with Gasteiger partial charge < -0.3 is 5.32 Å². The van der Waals surface area contributed by atoms with Crippen LogP contribution in [-0.2, 0) is 16.6 Å². The van der Waals surface area contributed by atoms with Crippen molar-refractivity contribution in [3.05, 3.63) is 58.9 Å². The third kappa shape index (κ3) is 4.26. The van der Waals surface area contributed by atoms with Gasteiger partial charge in [-0.2, -0.15) is 4.31 Å². The van der Waals surface area contributed by atoms with Gasteiger partial charge in [0.1, 0.15) is 10.7 Å². The summed E-state index contributed by atoms with van der Waals surface area (Å²) in [5.74, 6) is -0.310. The van der Waals surface area contributed by atoms with E-state index < -0.39 is 10.0 Å². The molecule has 7 heteroatoms. The third-order valence-corrected chi connectivity index (χ3v) is 6.17. The molecule has 2 rings (SSSR count). The predicted molar refractivity (Wildman–Crippen MR) is 95.3 cm³/mol. The van der Waals surface area contributed by atoms with E-state index in [2.05, 4.69) is 5.32 Å². The lowest BCUT2D eigenvalue weighted by atomic mass is 10.2. The summed E-state index contributed by atoms with van der Waals surface area (Å²) < 4.78 is 39.9. The van der Waals surface area contributed by atoms with Crippen molar-refractivity contribution in [2.75, 3.05) is 18.4 Å². The minimum atomic E-state index is -3.64. The fraction of sp³-hybridized carbons (Fsp3) is 0.294. The number of hydrogen-bond donors (Lipinski definition) is 1. The summed E-state index contributed by atoms with van der Waals surface area (Å²) in [4.78, 5) is 0.0668. The molecular formula is C17H20ClFN2O2S. The number of nitrogens with zero attached hydrogens (tertiary/aromatic N) is 1. The van der Waals surface area contributed by atoms with E-state index in [0.29, 0.717) is 25.3 Å². The molecule has 0 unspecified atom stereocenters. The molecular weight excluding hydrogens is 351 g/mol. The van der Waals surface area contributed by atoms with Gasteiger partial charge in [0.25, 0.3) is 0 Å². The second-order valence-corrected chi connectivity index (χ2v) is 7.53. The van der Waals surface area contributed by atoms with Crippen LogP contribution >= 0.6 is 11.6 Å². The first-order valence-corrected chi connectivity index (χ1v) is 9.48. The van der Waals surface area contributed by atoms with Crippen molar-refractivity contribution in [1.82, 2.24) is 4.31 Å². The third-order valence-electron chi connectivity index (χ3n) is 3.64. The first-order valence-electron chi connectivity index (χ1n) is 7.66. The summed E-state index contributed by atoms with van der Waals surface area (Å²) >= 11 is 6.09. The molecule has 130 valence electrons. The standard InChI is InChI=1S/C17H20ClFN2O2S/c1-3-21(4-2)24(22,23)17-11-15(8-9-16(17)18)20-12-13-6-5-7-14(19)10-13/h5-11,20H,3-4,12H2,1-2H3. The second kappa shape index (κ2) is 7.96. The van der Waals surface area contributed by atoms with Gasteiger partial charge in [-0.25, -0.2) is 12.8 Å². The number of benzene rings is 2. The van der Waals surface area contributed by atoms with Crippen LogP contribution in [0.4, 0.5) is 10.1 Å². The van der Waals surface area contributed by atoms with E-state index in [1.54, 1.807) is 38.1 Å². The van der Waals surface area contributed by atoms with Gasteiger partial charge in [-0.3, -0.25) is 0 Å². The molecule has 0 saturated heterocycles. The molecule has 0 saturated carbocycles. The Hall–Kier alpha value is -1.63. The van der Waals surface area contributed by atoms with Crippen LogP contribution in [0.5, 0.6) is 0 Å². The van der Waals surface area contributed by atoms with Gasteiger partial charge in [0, 0.05) is 25.3 Å². The topological polar surface area (TPSA) is 49.4 Å². The fourth-order valence-corrected chi connectivity index (χ4v) is 4.32. The molecule has 0 heterocycles. The van der Waals surface area contributed by atoms with Crippen LogP contribution in [0.1, 0.15) is 19.4 Å². The van der Waals surface area contributed by atoms with E-state index in [-0.39, 0.29) is 15.7 Å². The minimum Gasteiger partial charge on any atom is -0.381 e. The van der Waals surface area contributed by atoms with E-state index in [4.69, 9.17) is 11.6 Å². The van der Waals surface area contributed by atoms with Crippen LogP contribution in [-0.4, -0.2) is 25.8 Å². The lowest BCUT2D eigenvalue weighted by molar-refractivity contribution is 0.445. The van der Waals surface area contributed by atoms with E-state index in [9.17, 15) is 12.8 Å². The molecule has 24 heavy (non-hydrogen) atoms. The average Bonchev–Trinajstić information content (AvgIpc) is 2.55. The Bertz CT molecular complexity index is 808. The zero-order valence-electron chi connectivity index (χ0n) is 13.6. The SMILES string of the molecule is CCN(CC)S(=O)(=O)c1cc(NCc2cccc(F)c2)ccc1Cl.